The lowest BCUT2D eigenvalue weighted by Gasteiger charge is -2.11. The second kappa shape index (κ2) is 5.50. The molecule has 0 saturated carbocycles. The molecule has 0 aliphatic heterocycles. The highest BCUT2D eigenvalue weighted by atomic mass is 79.9. The molecular formula is C14H13BrFNO. The van der Waals surface area contributed by atoms with Gasteiger partial charge in [-0.25, -0.2) is 4.39 Å². The van der Waals surface area contributed by atoms with Crippen molar-refractivity contribution in [2.45, 2.75) is 13.5 Å². The normalized spacial score (nSPS) is 10.4. The Labute approximate surface area is 114 Å². The van der Waals surface area contributed by atoms with Gasteiger partial charge in [0.05, 0.1) is 0 Å². The summed E-state index contributed by atoms with van der Waals surface area (Å²) in [4.78, 5) is 0. The van der Waals surface area contributed by atoms with Gasteiger partial charge in [-0.1, -0.05) is 28.1 Å². The molecule has 0 aliphatic rings. The predicted molar refractivity (Wildman–Crippen MR) is 73.2 cm³/mol. The fourth-order valence-electron chi connectivity index (χ4n) is 1.56. The van der Waals surface area contributed by atoms with Crippen LogP contribution in [-0.4, -0.2) is 0 Å². The Balaban J connectivity index is 2.33. The van der Waals surface area contributed by atoms with Gasteiger partial charge >= 0.3 is 0 Å². The number of aryl methyl sites for hydroxylation is 1. The lowest BCUT2D eigenvalue weighted by molar-refractivity contribution is 0.439. The van der Waals surface area contributed by atoms with Crippen LogP contribution in [0.3, 0.4) is 0 Å². The number of ether oxygens (including phenoxy) is 1. The average Bonchev–Trinajstić information content (AvgIpc) is 2.35. The van der Waals surface area contributed by atoms with Gasteiger partial charge in [-0.05, 0) is 42.3 Å². The molecule has 0 aliphatic carbocycles. The monoisotopic (exact) mass is 309 g/mol. The molecule has 2 aromatic carbocycles. The quantitative estimate of drug-likeness (QED) is 0.924. The highest BCUT2D eigenvalue weighted by Crippen LogP contribution is 2.29. The van der Waals surface area contributed by atoms with Gasteiger partial charge in [-0.15, -0.1) is 0 Å². The zero-order valence-corrected chi connectivity index (χ0v) is 11.5. The Kier molecular flexibility index (Phi) is 3.99. The van der Waals surface area contributed by atoms with Gasteiger partial charge < -0.3 is 10.5 Å². The molecule has 0 amide bonds. The fourth-order valence-corrected chi connectivity index (χ4v) is 1.89. The van der Waals surface area contributed by atoms with Crippen molar-refractivity contribution in [3.63, 3.8) is 0 Å². The zero-order chi connectivity index (χ0) is 13.1. The van der Waals surface area contributed by atoms with E-state index >= 15 is 0 Å². The van der Waals surface area contributed by atoms with Gasteiger partial charge in [0.2, 0.25) is 0 Å². The van der Waals surface area contributed by atoms with E-state index in [-0.39, 0.29) is 5.75 Å². The van der Waals surface area contributed by atoms with Crippen LogP contribution in [0.4, 0.5) is 4.39 Å². The Bertz CT molecular complexity index is 572. The van der Waals surface area contributed by atoms with Crippen LogP contribution in [0.15, 0.2) is 40.9 Å². The molecule has 2 nitrogen and oxygen atoms in total. The van der Waals surface area contributed by atoms with E-state index in [0.717, 1.165) is 11.1 Å². The van der Waals surface area contributed by atoms with Gasteiger partial charge in [-0.2, -0.15) is 0 Å². The zero-order valence-electron chi connectivity index (χ0n) is 9.91. The molecule has 2 rings (SSSR count). The average molecular weight is 310 g/mol. The van der Waals surface area contributed by atoms with Crippen molar-refractivity contribution >= 4 is 15.9 Å². The molecule has 2 aromatic rings. The molecule has 0 fully saturated rings. The maximum atomic E-state index is 13.7. The first-order chi connectivity index (χ1) is 8.60. The van der Waals surface area contributed by atoms with E-state index < -0.39 is 5.82 Å². The molecule has 0 radical (unpaired) electrons. The molecule has 0 atom stereocenters. The molecular weight excluding hydrogens is 297 g/mol. The van der Waals surface area contributed by atoms with Crippen LogP contribution in [0.5, 0.6) is 11.5 Å². The molecule has 0 spiro atoms. The first-order valence-corrected chi connectivity index (χ1v) is 6.32. The Morgan fingerprint density at radius 1 is 1.17 bits per heavy atom. The molecule has 0 unspecified atom stereocenters. The molecule has 0 aromatic heterocycles. The topological polar surface area (TPSA) is 35.2 Å². The van der Waals surface area contributed by atoms with Crippen molar-refractivity contribution in [3.05, 3.63) is 57.8 Å². The Hall–Kier alpha value is -1.39. The predicted octanol–water partition coefficient (Wildman–Crippen LogP) is 4.15. The third-order valence-electron chi connectivity index (χ3n) is 2.60. The minimum absolute atomic E-state index is 0.204. The number of nitrogens with two attached hydrogens (primary N) is 1. The summed E-state index contributed by atoms with van der Waals surface area (Å²) >= 11 is 3.21. The fraction of sp³-hybridized carbons (Fsp3) is 0.143. The van der Waals surface area contributed by atoms with Crippen LogP contribution >= 0.6 is 15.9 Å². The highest BCUT2D eigenvalue weighted by Gasteiger charge is 2.07. The van der Waals surface area contributed by atoms with Crippen LogP contribution < -0.4 is 10.5 Å². The molecule has 18 heavy (non-hydrogen) atoms. The second-order valence-corrected chi connectivity index (χ2v) is 4.90. The number of halogens is 2. The van der Waals surface area contributed by atoms with Crippen LogP contribution in [0.1, 0.15) is 11.1 Å². The molecule has 4 heteroatoms. The van der Waals surface area contributed by atoms with E-state index in [1.165, 1.54) is 6.07 Å². The molecule has 94 valence electrons. The number of hydrogen-bond donors (Lipinski definition) is 1. The Morgan fingerprint density at radius 2 is 1.94 bits per heavy atom. The largest absolute Gasteiger partial charge is 0.454 e. The maximum Gasteiger partial charge on any atom is 0.166 e. The minimum atomic E-state index is -0.401. The summed E-state index contributed by atoms with van der Waals surface area (Å²) in [5.74, 6) is 0.427. The highest BCUT2D eigenvalue weighted by molar-refractivity contribution is 9.10. The summed E-state index contributed by atoms with van der Waals surface area (Å²) < 4.78 is 19.9. The summed E-state index contributed by atoms with van der Waals surface area (Å²) in [7, 11) is 0. The van der Waals surface area contributed by atoms with Gasteiger partial charge in [0, 0.05) is 11.0 Å². The third-order valence-corrected chi connectivity index (χ3v) is 3.10. The van der Waals surface area contributed by atoms with E-state index in [9.17, 15) is 4.39 Å². The summed E-state index contributed by atoms with van der Waals surface area (Å²) in [5.41, 5.74) is 7.47. The van der Waals surface area contributed by atoms with Crippen molar-refractivity contribution in [1.82, 2.24) is 0 Å². The van der Waals surface area contributed by atoms with E-state index in [2.05, 4.69) is 15.9 Å². The summed E-state index contributed by atoms with van der Waals surface area (Å²) in [6.07, 6.45) is 0. The van der Waals surface area contributed by atoms with Crippen LogP contribution in [0.25, 0.3) is 0 Å². The van der Waals surface area contributed by atoms with Crippen LogP contribution in [-0.2, 0) is 6.54 Å². The minimum Gasteiger partial charge on any atom is -0.454 e. The van der Waals surface area contributed by atoms with Gasteiger partial charge in [0.15, 0.2) is 11.6 Å². The summed E-state index contributed by atoms with van der Waals surface area (Å²) in [5, 5.41) is 0. The van der Waals surface area contributed by atoms with Crippen LogP contribution in [0.2, 0.25) is 0 Å². The van der Waals surface area contributed by atoms with Crippen molar-refractivity contribution in [3.8, 4) is 11.5 Å². The Morgan fingerprint density at radius 3 is 2.61 bits per heavy atom. The lowest BCUT2D eigenvalue weighted by Crippen LogP contribution is -1.98. The first-order valence-electron chi connectivity index (χ1n) is 5.52. The van der Waals surface area contributed by atoms with Gasteiger partial charge in [0.25, 0.3) is 0 Å². The summed E-state index contributed by atoms with van der Waals surface area (Å²) in [6.45, 7) is 2.34. The van der Waals surface area contributed by atoms with E-state index in [4.69, 9.17) is 10.5 Å². The lowest BCUT2D eigenvalue weighted by atomic mass is 10.1. The van der Waals surface area contributed by atoms with Crippen molar-refractivity contribution in [2.75, 3.05) is 0 Å². The number of hydrogen-bond acceptors (Lipinski definition) is 2. The third kappa shape index (κ3) is 2.89. The maximum absolute atomic E-state index is 13.7. The first kappa shape index (κ1) is 13.1. The smallest absolute Gasteiger partial charge is 0.166 e. The SMILES string of the molecule is Cc1ccc(CN)cc1Oc1ccc(Br)cc1F. The van der Waals surface area contributed by atoms with Gasteiger partial charge in [-0.3, -0.25) is 0 Å². The van der Waals surface area contributed by atoms with Gasteiger partial charge in [0.1, 0.15) is 5.75 Å². The summed E-state index contributed by atoms with van der Waals surface area (Å²) in [6, 6.07) is 10.4. The molecule has 0 bridgehead atoms. The standard InChI is InChI=1S/C14H13BrFNO/c1-9-2-3-10(8-17)6-14(9)18-13-5-4-11(15)7-12(13)16/h2-7H,8,17H2,1H3. The molecule has 2 N–H and O–H groups in total. The van der Waals surface area contributed by atoms with Crippen molar-refractivity contribution < 1.29 is 9.13 Å². The number of benzene rings is 2. The van der Waals surface area contributed by atoms with Crippen LogP contribution in [0, 0.1) is 12.7 Å². The van der Waals surface area contributed by atoms with Crippen molar-refractivity contribution in [1.29, 1.82) is 0 Å². The van der Waals surface area contributed by atoms with E-state index in [0.29, 0.717) is 16.8 Å². The molecule has 0 heterocycles. The van der Waals surface area contributed by atoms with E-state index in [1.807, 2.05) is 25.1 Å². The second-order valence-electron chi connectivity index (χ2n) is 3.98. The molecule has 0 saturated heterocycles. The van der Waals surface area contributed by atoms with Crippen molar-refractivity contribution in [2.24, 2.45) is 5.73 Å². The van der Waals surface area contributed by atoms with E-state index in [1.54, 1.807) is 12.1 Å². The number of rotatable bonds is 3.